The molecule has 1 aromatic heterocycles. The van der Waals surface area contributed by atoms with Crippen molar-refractivity contribution in [3.63, 3.8) is 0 Å². The van der Waals surface area contributed by atoms with Gasteiger partial charge in [-0.2, -0.15) is 5.10 Å². The number of hydrogen-bond acceptors (Lipinski definition) is 5. The molecule has 0 spiro atoms. The zero-order valence-electron chi connectivity index (χ0n) is 13.4. The standard InChI is InChI=1S/C18H15FN4O2/c1-12(25-15-8-6-13(19)7-9-15)18(24)23-21-11-14-10-20-16-4-2-3-5-17(16)22-14/h2-12H,1H3,(H,23,24)/b21-11-/t12-/m1/s1. The highest BCUT2D eigenvalue weighted by atomic mass is 19.1. The molecule has 0 unspecified atom stereocenters. The Bertz CT molecular complexity index is 912. The number of nitrogens with zero attached hydrogens (tertiary/aromatic N) is 3. The summed E-state index contributed by atoms with van der Waals surface area (Å²) < 4.78 is 18.3. The van der Waals surface area contributed by atoms with Crippen LogP contribution in [0.1, 0.15) is 12.6 Å². The van der Waals surface area contributed by atoms with E-state index in [4.69, 9.17) is 4.74 Å². The van der Waals surface area contributed by atoms with Crippen LogP contribution in [-0.4, -0.2) is 28.2 Å². The van der Waals surface area contributed by atoms with Crippen molar-refractivity contribution in [2.45, 2.75) is 13.0 Å². The maximum Gasteiger partial charge on any atom is 0.280 e. The monoisotopic (exact) mass is 338 g/mol. The molecule has 0 radical (unpaired) electrons. The third-order valence-electron chi connectivity index (χ3n) is 3.33. The number of aromatic nitrogens is 2. The van der Waals surface area contributed by atoms with Gasteiger partial charge in [0.2, 0.25) is 0 Å². The summed E-state index contributed by atoms with van der Waals surface area (Å²) in [5.74, 6) is -0.409. The van der Waals surface area contributed by atoms with E-state index >= 15 is 0 Å². The number of carbonyl (C=O) groups is 1. The van der Waals surface area contributed by atoms with Crippen LogP contribution in [0.3, 0.4) is 0 Å². The summed E-state index contributed by atoms with van der Waals surface area (Å²) in [6.45, 7) is 1.57. The van der Waals surface area contributed by atoms with E-state index in [1.807, 2.05) is 24.3 Å². The Balaban J connectivity index is 1.58. The van der Waals surface area contributed by atoms with Crippen LogP contribution < -0.4 is 10.2 Å². The maximum absolute atomic E-state index is 12.8. The van der Waals surface area contributed by atoms with Gasteiger partial charge in [0, 0.05) is 0 Å². The van der Waals surface area contributed by atoms with Crippen LogP contribution in [0.5, 0.6) is 5.75 Å². The molecule has 0 saturated heterocycles. The molecule has 1 atom stereocenters. The number of carbonyl (C=O) groups excluding carboxylic acids is 1. The smallest absolute Gasteiger partial charge is 0.280 e. The molecule has 0 fully saturated rings. The highest BCUT2D eigenvalue weighted by molar-refractivity contribution is 5.85. The zero-order valence-corrected chi connectivity index (χ0v) is 13.4. The number of benzene rings is 2. The highest BCUT2D eigenvalue weighted by Gasteiger charge is 2.13. The Morgan fingerprint density at radius 1 is 1.20 bits per heavy atom. The summed E-state index contributed by atoms with van der Waals surface area (Å²) in [4.78, 5) is 20.6. The molecule has 3 aromatic rings. The second-order valence-corrected chi connectivity index (χ2v) is 5.23. The first kappa shape index (κ1) is 16.5. The fourth-order valence-electron chi connectivity index (χ4n) is 2.06. The van der Waals surface area contributed by atoms with Gasteiger partial charge in [0.1, 0.15) is 17.3 Å². The summed E-state index contributed by atoms with van der Waals surface area (Å²) in [7, 11) is 0. The van der Waals surface area contributed by atoms with E-state index in [0.29, 0.717) is 11.4 Å². The van der Waals surface area contributed by atoms with Gasteiger partial charge in [-0.15, -0.1) is 0 Å². The van der Waals surface area contributed by atoms with Crippen molar-refractivity contribution in [2.24, 2.45) is 5.10 Å². The normalized spacial score (nSPS) is 12.2. The molecule has 0 bridgehead atoms. The number of hydrogen-bond donors (Lipinski definition) is 1. The number of rotatable bonds is 5. The van der Waals surface area contributed by atoms with E-state index in [2.05, 4.69) is 20.5 Å². The van der Waals surface area contributed by atoms with Crippen LogP contribution in [0.2, 0.25) is 0 Å². The Kier molecular flexibility index (Phi) is 4.94. The molecule has 0 aliphatic heterocycles. The quantitative estimate of drug-likeness (QED) is 0.573. The van der Waals surface area contributed by atoms with E-state index in [9.17, 15) is 9.18 Å². The van der Waals surface area contributed by atoms with Crippen molar-refractivity contribution in [3.8, 4) is 5.75 Å². The van der Waals surface area contributed by atoms with Crippen molar-refractivity contribution in [3.05, 3.63) is 66.2 Å². The molecule has 1 heterocycles. The van der Waals surface area contributed by atoms with Crippen molar-refractivity contribution in [1.29, 1.82) is 0 Å². The molecule has 0 aliphatic rings. The Morgan fingerprint density at radius 2 is 1.92 bits per heavy atom. The van der Waals surface area contributed by atoms with Crippen molar-refractivity contribution in [2.75, 3.05) is 0 Å². The molecule has 2 aromatic carbocycles. The molecular formula is C18H15FN4O2. The lowest BCUT2D eigenvalue weighted by molar-refractivity contribution is -0.127. The third kappa shape index (κ3) is 4.35. The number of amides is 1. The van der Waals surface area contributed by atoms with E-state index in [-0.39, 0.29) is 5.82 Å². The number of hydrazone groups is 1. The second-order valence-electron chi connectivity index (χ2n) is 5.23. The van der Waals surface area contributed by atoms with Gasteiger partial charge in [-0.3, -0.25) is 9.78 Å². The first-order valence-electron chi connectivity index (χ1n) is 7.59. The lowest BCUT2D eigenvalue weighted by Crippen LogP contribution is -2.33. The van der Waals surface area contributed by atoms with Crippen molar-refractivity contribution < 1.29 is 13.9 Å². The van der Waals surface area contributed by atoms with E-state index < -0.39 is 12.0 Å². The van der Waals surface area contributed by atoms with Gasteiger partial charge in [0.25, 0.3) is 5.91 Å². The van der Waals surface area contributed by atoms with Gasteiger partial charge in [0.05, 0.1) is 23.4 Å². The Hall–Kier alpha value is -3.35. The molecule has 0 saturated carbocycles. The van der Waals surface area contributed by atoms with E-state index in [0.717, 1.165) is 11.0 Å². The molecule has 1 amide bonds. The second kappa shape index (κ2) is 7.48. The molecule has 6 nitrogen and oxygen atoms in total. The average Bonchev–Trinajstić information content (AvgIpc) is 2.63. The summed E-state index contributed by atoms with van der Waals surface area (Å²) in [6, 6.07) is 12.9. The fourth-order valence-corrected chi connectivity index (χ4v) is 2.06. The van der Waals surface area contributed by atoms with Crippen LogP contribution >= 0.6 is 0 Å². The van der Waals surface area contributed by atoms with Gasteiger partial charge in [-0.1, -0.05) is 12.1 Å². The predicted molar refractivity (Wildman–Crippen MR) is 91.8 cm³/mol. The first-order chi connectivity index (χ1) is 12.1. The molecule has 25 heavy (non-hydrogen) atoms. The zero-order chi connectivity index (χ0) is 17.6. The molecule has 3 rings (SSSR count). The minimum atomic E-state index is -0.787. The highest BCUT2D eigenvalue weighted by Crippen LogP contribution is 2.13. The van der Waals surface area contributed by atoms with Crippen LogP contribution in [0, 0.1) is 5.82 Å². The van der Waals surface area contributed by atoms with Gasteiger partial charge in [0.15, 0.2) is 6.10 Å². The maximum atomic E-state index is 12.8. The van der Waals surface area contributed by atoms with E-state index in [1.165, 1.54) is 30.5 Å². The summed E-state index contributed by atoms with van der Waals surface area (Å²) in [5, 5.41) is 3.86. The van der Waals surface area contributed by atoms with Gasteiger partial charge in [-0.05, 0) is 43.3 Å². The van der Waals surface area contributed by atoms with Gasteiger partial charge in [-0.25, -0.2) is 14.8 Å². The average molecular weight is 338 g/mol. The summed E-state index contributed by atoms with van der Waals surface area (Å²) in [5.41, 5.74) is 4.42. The molecular weight excluding hydrogens is 323 g/mol. The van der Waals surface area contributed by atoms with E-state index in [1.54, 1.807) is 13.1 Å². The summed E-state index contributed by atoms with van der Waals surface area (Å²) in [6.07, 6.45) is 2.18. The molecule has 7 heteroatoms. The molecule has 1 N–H and O–H groups in total. The van der Waals surface area contributed by atoms with Crippen LogP contribution in [0.15, 0.2) is 59.8 Å². The molecule has 126 valence electrons. The van der Waals surface area contributed by atoms with Gasteiger partial charge < -0.3 is 4.74 Å². The first-order valence-corrected chi connectivity index (χ1v) is 7.59. The van der Waals surface area contributed by atoms with Crippen molar-refractivity contribution in [1.82, 2.24) is 15.4 Å². The number of para-hydroxylation sites is 2. The SMILES string of the molecule is C[C@@H](Oc1ccc(F)cc1)C(=O)N/N=C\c1cnc2ccccc2n1. The minimum Gasteiger partial charge on any atom is -0.481 e. The summed E-state index contributed by atoms with van der Waals surface area (Å²) >= 11 is 0. The minimum absolute atomic E-state index is 0.370. The number of halogens is 1. The Labute approximate surface area is 143 Å². The number of ether oxygens (including phenoxy) is 1. The predicted octanol–water partition coefficient (Wildman–Crippen LogP) is 2.69. The topological polar surface area (TPSA) is 76.5 Å². The lowest BCUT2D eigenvalue weighted by Gasteiger charge is -2.12. The lowest BCUT2D eigenvalue weighted by atomic mass is 10.3. The van der Waals surface area contributed by atoms with Crippen molar-refractivity contribution >= 4 is 23.2 Å². The third-order valence-corrected chi connectivity index (χ3v) is 3.33. The number of fused-ring (bicyclic) bond motifs is 1. The van der Waals surface area contributed by atoms with Crippen LogP contribution in [0.4, 0.5) is 4.39 Å². The molecule has 0 aliphatic carbocycles. The number of nitrogens with one attached hydrogen (secondary N) is 1. The fraction of sp³-hybridized carbons (Fsp3) is 0.111. The Morgan fingerprint density at radius 3 is 2.68 bits per heavy atom. The van der Waals surface area contributed by atoms with Crippen LogP contribution in [-0.2, 0) is 4.79 Å². The van der Waals surface area contributed by atoms with Gasteiger partial charge >= 0.3 is 0 Å². The largest absolute Gasteiger partial charge is 0.481 e. The van der Waals surface area contributed by atoms with Crippen LogP contribution in [0.25, 0.3) is 11.0 Å².